The third kappa shape index (κ3) is 4.53. The second-order valence-corrected chi connectivity index (χ2v) is 5.20. The van der Waals surface area contributed by atoms with E-state index < -0.39 is 11.7 Å². The van der Waals surface area contributed by atoms with Gasteiger partial charge in [0.15, 0.2) is 0 Å². The Morgan fingerprint density at radius 2 is 2.00 bits per heavy atom. The zero-order chi connectivity index (χ0) is 13.6. The molecule has 0 aliphatic carbocycles. The summed E-state index contributed by atoms with van der Waals surface area (Å²) >= 11 is 1.28. The van der Waals surface area contributed by atoms with E-state index in [1.807, 2.05) is 6.92 Å². The largest absolute Gasteiger partial charge is 0.417 e. The number of benzene rings is 1. The molecule has 5 heteroatoms. The molecule has 0 atom stereocenters. The first kappa shape index (κ1) is 15.4. The summed E-state index contributed by atoms with van der Waals surface area (Å²) < 4.78 is 38.8. The van der Waals surface area contributed by atoms with Crippen LogP contribution in [0.5, 0.6) is 0 Å². The van der Waals surface area contributed by atoms with Crippen molar-refractivity contribution in [1.82, 2.24) is 5.32 Å². The fourth-order valence-corrected chi connectivity index (χ4v) is 2.71. The summed E-state index contributed by atoms with van der Waals surface area (Å²) in [6.07, 6.45) is -2.36. The van der Waals surface area contributed by atoms with E-state index >= 15 is 0 Å². The molecule has 0 spiro atoms. The van der Waals surface area contributed by atoms with Gasteiger partial charge in [-0.2, -0.15) is 13.2 Å². The van der Waals surface area contributed by atoms with Crippen molar-refractivity contribution in [2.45, 2.75) is 37.4 Å². The van der Waals surface area contributed by atoms with Crippen LogP contribution in [0.15, 0.2) is 23.1 Å². The molecule has 1 nitrogen and oxygen atoms in total. The van der Waals surface area contributed by atoms with Crippen LogP contribution in [0.2, 0.25) is 0 Å². The van der Waals surface area contributed by atoms with Crippen LogP contribution in [-0.2, 0) is 12.7 Å². The number of unbranched alkanes of at least 4 members (excludes halogenated alkanes) is 1. The summed E-state index contributed by atoms with van der Waals surface area (Å²) in [5.41, 5.74) is 0.140. The molecule has 0 amide bonds. The van der Waals surface area contributed by atoms with Crippen molar-refractivity contribution >= 4 is 11.8 Å². The standard InChI is InChI=1S/C13H18F3NS/c1-3-4-7-18-12-6-5-10(9-17-2)8-11(12)13(14,15)16/h5-6,8,17H,3-4,7,9H2,1-2H3. The van der Waals surface area contributed by atoms with Gasteiger partial charge >= 0.3 is 6.18 Å². The molecule has 0 fully saturated rings. The summed E-state index contributed by atoms with van der Waals surface area (Å²) in [5.74, 6) is 0.727. The molecule has 1 aromatic rings. The SMILES string of the molecule is CCCCSc1ccc(CNC)cc1C(F)(F)F. The Morgan fingerprint density at radius 3 is 2.56 bits per heavy atom. The van der Waals surface area contributed by atoms with Crippen LogP contribution >= 0.6 is 11.8 Å². The van der Waals surface area contributed by atoms with Gasteiger partial charge in [0, 0.05) is 11.4 Å². The fraction of sp³-hybridized carbons (Fsp3) is 0.538. The van der Waals surface area contributed by atoms with Crippen LogP contribution in [0.25, 0.3) is 0 Å². The summed E-state index contributed by atoms with van der Waals surface area (Å²) in [6.45, 7) is 2.48. The summed E-state index contributed by atoms with van der Waals surface area (Å²) in [5, 5.41) is 2.86. The molecular formula is C13H18F3NS. The summed E-state index contributed by atoms with van der Waals surface area (Å²) in [4.78, 5) is 0.329. The van der Waals surface area contributed by atoms with Crippen LogP contribution in [-0.4, -0.2) is 12.8 Å². The number of halogens is 3. The Morgan fingerprint density at radius 1 is 1.28 bits per heavy atom. The quantitative estimate of drug-likeness (QED) is 0.614. The van der Waals surface area contributed by atoms with Gasteiger partial charge < -0.3 is 5.32 Å². The lowest BCUT2D eigenvalue weighted by atomic mass is 10.1. The molecule has 0 aliphatic heterocycles. The minimum atomic E-state index is -4.28. The second kappa shape index (κ2) is 7.04. The van der Waals surface area contributed by atoms with Gasteiger partial charge in [0.1, 0.15) is 0 Å². The average molecular weight is 277 g/mol. The van der Waals surface area contributed by atoms with E-state index in [4.69, 9.17) is 0 Å². The molecule has 0 aliphatic rings. The predicted octanol–water partition coefficient (Wildman–Crippen LogP) is 4.32. The van der Waals surface area contributed by atoms with E-state index in [9.17, 15) is 13.2 Å². The van der Waals surface area contributed by atoms with Crippen LogP contribution in [0, 0.1) is 0 Å². The Bertz CT molecular complexity index is 377. The third-order valence-electron chi connectivity index (χ3n) is 2.49. The first-order valence-corrected chi connectivity index (χ1v) is 6.95. The average Bonchev–Trinajstić information content (AvgIpc) is 2.30. The lowest BCUT2D eigenvalue weighted by molar-refractivity contribution is -0.139. The van der Waals surface area contributed by atoms with E-state index in [0.717, 1.165) is 18.6 Å². The van der Waals surface area contributed by atoms with E-state index in [-0.39, 0.29) is 0 Å². The molecule has 0 heterocycles. The van der Waals surface area contributed by atoms with Gasteiger partial charge in [-0.25, -0.2) is 0 Å². The Kier molecular flexibility index (Phi) is 6.02. The smallest absolute Gasteiger partial charge is 0.316 e. The molecular weight excluding hydrogens is 259 g/mol. The number of thioether (sulfide) groups is 1. The Balaban J connectivity index is 2.94. The van der Waals surface area contributed by atoms with Crippen LogP contribution in [0.4, 0.5) is 13.2 Å². The van der Waals surface area contributed by atoms with Crippen LogP contribution in [0.1, 0.15) is 30.9 Å². The molecule has 18 heavy (non-hydrogen) atoms. The topological polar surface area (TPSA) is 12.0 Å². The van der Waals surface area contributed by atoms with Crippen molar-refractivity contribution in [3.63, 3.8) is 0 Å². The van der Waals surface area contributed by atoms with Gasteiger partial charge in [0.25, 0.3) is 0 Å². The van der Waals surface area contributed by atoms with Gasteiger partial charge in [-0.05, 0) is 36.9 Å². The highest BCUT2D eigenvalue weighted by Gasteiger charge is 2.33. The maximum Gasteiger partial charge on any atom is 0.417 e. The van der Waals surface area contributed by atoms with Crippen LogP contribution < -0.4 is 5.32 Å². The molecule has 102 valence electrons. The Hall–Kier alpha value is -0.680. The monoisotopic (exact) mass is 277 g/mol. The highest BCUT2D eigenvalue weighted by atomic mass is 32.2. The first-order valence-electron chi connectivity index (χ1n) is 5.96. The van der Waals surface area contributed by atoms with E-state index in [1.165, 1.54) is 17.8 Å². The van der Waals surface area contributed by atoms with E-state index in [0.29, 0.717) is 17.0 Å². The minimum absolute atomic E-state index is 0.329. The van der Waals surface area contributed by atoms with Gasteiger partial charge in [0.05, 0.1) is 5.56 Å². The fourth-order valence-electron chi connectivity index (χ4n) is 1.57. The normalized spacial score (nSPS) is 11.8. The minimum Gasteiger partial charge on any atom is -0.316 e. The third-order valence-corrected chi connectivity index (χ3v) is 3.65. The van der Waals surface area contributed by atoms with Gasteiger partial charge in [0.2, 0.25) is 0 Å². The predicted molar refractivity (Wildman–Crippen MR) is 69.8 cm³/mol. The number of alkyl halides is 3. The number of hydrogen-bond donors (Lipinski definition) is 1. The van der Waals surface area contributed by atoms with Crippen molar-refractivity contribution in [3.05, 3.63) is 29.3 Å². The lowest BCUT2D eigenvalue weighted by Gasteiger charge is -2.14. The van der Waals surface area contributed by atoms with Crippen molar-refractivity contribution in [3.8, 4) is 0 Å². The number of hydrogen-bond acceptors (Lipinski definition) is 2. The highest BCUT2D eigenvalue weighted by molar-refractivity contribution is 7.99. The summed E-state index contributed by atoms with van der Waals surface area (Å²) in [6, 6.07) is 4.57. The number of rotatable bonds is 6. The molecule has 0 saturated carbocycles. The molecule has 0 aromatic heterocycles. The van der Waals surface area contributed by atoms with Gasteiger partial charge in [-0.3, -0.25) is 0 Å². The second-order valence-electron chi connectivity index (χ2n) is 4.06. The Labute approximate surface area is 110 Å². The molecule has 1 aromatic carbocycles. The maximum absolute atomic E-state index is 12.9. The molecule has 1 rings (SSSR count). The molecule has 1 N–H and O–H groups in total. The lowest BCUT2D eigenvalue weighted by Crippen LogP contribution is -2.10. The number of nitrogens with one attached hydrogen (secondary N) is 1. The van der Waals surface area contributed by atoms with Crippen molar-refractivity contribution in [2.24, 2.45) is 0 Å². The van der Waals surface area contributed by atoms with Crippen molar-refractivity contribution < 1.29 is 13.2 Å². The molecule has 0 radical (unpaired) electrons. The van der Waals surface area contributed by atoms with Gasteiger partial charge in [-0.15, -0.1) is 11.8 Å². The zero-order valence-electron chi connectivity index (χ0n) is 10.6. The van der Waals surface area contributed by atoms with E-state index in [1.54, 1.807) is 19.2 Å². The highest BCUT2D eigenvalue weighted by Crippen LogP contribution is 2.37. The van der Waals surface area contributed by atoms with E-state index in [2.05, 4.69) is 5.32 Å². The van der Waals surface area contributed by atoms with Crippen molar-refractivity contribution in [2.75, 3.05) is 12.8 Å². The maximum atomic E-state index is 12.9. The molecule has 0 unspecified atom stereocenters. The molecule has 0 saturated heterocycles. The van der Waals surface area contributed by atoms with Crippen LogP contribution in [0.3, 0.4) is 0 Å². The van der Waals surface area contributed by atoms with Gasteiger partial charge in [-0.1, -0.05) is 19.4 Å². The van der Waals surface area contributed by atoms with Crippen molar-refractivity contribution in [1.29, 1.82) is 0 Å². The zero-order valence-corrected chi connectivity index (χ0v) is 11.4. The first-order chi connectivity index (χ1) is 8.49. The summed E-state index contributed by atoms with van der Waals surface area (Å²) in [7, 11) is 1.72. The molecule has 0 bridgehead atoms.